The highest BCUT2D eigenvalue weighted by Gasteiger charge is 2.33. The Balaban J connectivity index is 1.21. The number of nitrogens with zero attached hydrogens (tertiary/aromatic N) is 3. The van der Waals surface area contributed by atoms with E-state index in [9.17, 15) is 4.79 Å². The van der Waals surface area contributed by atoms with Gasteiger partial charge in [0.25, 0.3) is 0 Å². The van der Waals surface area contributed by atoms with E-state index in [1.165, 1.54) is 12.7 Å². The summed E-state index contributed by atoms with van der Waals surface area (Å²) in [6.07, 6.45) is 2.16. The van der Waals surface area contributed by atoms with Crippen LogP contribution in [0.2, 0.25) is 5.15 Å². The van der Waals surface area contributed by atoms with Gasteiger partial charge in [0.15, 0.2) is 5.15 Å². The third-order valence-electron chi connectivity index (χ3n) is 6.30. The molecule has 0 unspecified atom stereocenters. The van der Waals surface area contributed by atoms with Gasteiger partial charge in [0.1, 0.15) is 24.7 Å². The van der Waals surface area contributed by atoms with Crippen LogP contribution in [0.3, 0.4) is 0 Å². The van der Waals surface area contributed by atoms with Crippen molar-refractivity contribution >= 4 is 34.5 Å². The molecule has 0 radical (unpaired) electrons. The molecule has 7 nitrogen and oxygen atoms in total. The predicted molar refractivity (Wildman–Crippen MR) is 131 cm³/mol. The molecule has 2 aliphatic rings. The molecule has 2 aromatic carbocycles. The molecule has 178 valence electrons. The summed E-state index contributed by atoms with van der Waals surface area (Å²) < 4.78 is 18.8. The molecule has 0 N–H and O–H groups in total. The van der Waals surface area contributed by atoms with E-state index in [2.05, 4.69) is 29.9 Å². The molecule has 0 bridgehead atoms. The maximum absolute atomic E-state index is 11.6. The van der Waals surface area contributed by atoms with Crippen molar-refractivity contribution in [3.05, 3.63) is 58.3 Å². The summed E-state index contributed by atoms with van der Waals surface area (Å²) in [6.45, 7) is 7.39. The molecule has 1 saturated heterocycles. The average molecular weight is 482 g/mol. The molecular weight excluding hydrogens is 454 g/mol. The summed E-state index contributed by atoms with van der Waals surface area (Å²) in [5.74, 6) is 1.43. The van der Waals surface area contributed by atoms with Crippen LogP contribution in [0.25, 0.3) is 17.0 Å². The summed E-state index contributed by atoms with van der Waals surface area (Å²) in [5, 5.41) is 5.88. The Labute approximate surface area is 203 Å². The van der Waals surface area contributed by atoms with Gasteiger partial charge in [-0.25, -0.2) is 0 Å². The maximum atomic E-state index is 11.6. The van der Waals surface area contributed by atoms with Gasteiger partial charge in [-0.1, -0.05) is 17.7 Å². The molecule has 0 saturated carbocycles. The van der Waals surface area contributed by atoms with Gasteiger partial charge in [-0.3, -0.25) is 14.4 Å². The topological polar surface area (TPSA) is 65.8 Å². The van der Waals surface area contributed by atoms with E-state index in [0.29, 0.717) is 18.4 Å². The number of hydrogen-bond donors (Lipinski definition) is 0. The zero-order chi connectivity index (χ0) is 23.8. The van der Waals surface area contributed by atoms with Crippen LogP contribution in [0.15, 0.2) is 42.0 Å². The van der Waals surface area contributed by atoms with E-state index in [1.807, 2.05) is 41.1 Å². The van der Waals surface area contributed by atoms with Gasteiger partial charge in [0, 0.05) is 42.7 Å². The number of aromatic nitrogens is 2. The maximum Gasteiger partial charge on any atom is 0.311 e. The summed E-state index contributed by atoms with van der Waals surface area (Å²) in [5.41, 5.74) is 4.27. The number of carbonyl (C=O) groups is 1. The molecule has 34 heavy (non-hydrogen) atoms. The van der Waals surface area contributed by atoms with Crippen molar-refractivity contribution in [2.45, 2.75) is 26.5 Å². The predicted octanol–water partition coefficient (Wildman–Crippen LogP) is 4.73. The highest BCUT2D eigenvalue weighted by molar-refractivity contribution is 6.34. The Bertz CT molecular complexity index is 1260. The second kappa shape index (κ2) is 9.31. The van der Waals surface area contributed by atoms with Gasteiger partial charge in [-0.15, -0.1) is 0 Å². The van der Waals surface area contributed by atoms with Crippen LogP contribution in [0.4, 0.5) is 0 Å². The van der Waals surface area contributed by atoms with Crippen LogP contribution in [0.5, 0.6) is 11.5 Å². The van der Waals surface area contributed by atoms with Crippen molar-refractivity contribution in [2.24, 2.45) is 5.92 Å². The van der Waals surface area contributed by atoms with Gasteiger partial charge >= 0.3 is 5.97 Å². The summed E-state index contributed by atoms with van der Waals surface area (Å²) in [7, 11) is 1.44. The SMILES string of the molecule is COC(=O)C1CN(CC2=Cc3ccc(OCc4ccc5c(c4)c(Cl)nn5C(C)C)cc3OC2)C1. The number of carbonyl (C=O) groups excluding carboxylic acids is 1. The van der Waals surface area contributed by atoms with E-state index < -0.39 is 0 Å². The number of hydrogen-bond acceptors (Lipinski definition) is 6. The summed E-state index contributed by atoms with van der Waals surface area (Å²) in [6, 6.07) is 12.3. The highest BCUT2D eigenvalue weighted by Crippen LogP contribution is 2.32. The monoisotopic (exact) mass is 481 g/mol. The first-order valence-corrected chi connectivity index (χ1v) is 11.8. The van der Waals surface area contributed by atoms with Crippen LogP contribution in [0, 0.1) is 5.92 Å². The van der Waals surface area contributed by atoms with Crippen LogP contribution in [-0.2, 0) is 16.1 Å². The number of esters is 1. The van der Waals surface area contributed by atoms with Crippen molar-refractivity contribution < 1.29 is 19.0 Å². The van der Waals surface area contributed by atoms with Gasteiger partial charge in [-0.2, -0.15) is 5.10 Å². The molecular formula is C26H28ClN3O4. The summed E-state index contributed by atoms with van der Waals surface area (Å²) >= 11 is 6.36. The zero-order valence-corrected chi connectivity index (χ0v) is 20.3. The van der Waals surface area contributed by atoms with Gasteiger partial charge in [-0.05, 0) is 55.3 Å². The third-order valence-corrected chi connectivity index (χ3v) is 6.58. The van der Waals surface area contributed by atoms with Crippen molar-refractivity contribution in [1.29, 1.82) is 0 Å². The Morgan fingerprint density at radius 1 is 1.24 bits per heavy atom. The van der Waals surface area contributed by atoms with Crippen LogP contribution >= 0.6 is 11.6 Å². The fourth-order valence-electron chi connectivity index (χ4n) is 4.47. The number of rotatable bonds is 7. The lowest BCUT2D eigenvalue weighted by molar-refractivity contribution is -0.151. The zero-order valence-electron chi connectivity index (χ0n) is 19.6. The molecule has 1 fully saturated rings. The Morgan fingerprint density at radius 3 is 2.82 bits per heavy atom. The Morgan fingerprint density at radius 2 is 2.06 bits per heavy atom. The third kappa shape index (κ3) is 4.50. The van der Waals surface area contributed by atoms with E-state index in [1.54, 1.807) is 0 Å². The standard InChI is InChI=1S/C26H28ClN3O4/c1-16(2)30-23-7-4-17(9-22(23)25(27)28-30)14-33-21-6-5-19-8-18(15-34-24(19)10-21)11-29-12-20(13-29)26(31)32-3/h4-10,16,20H,11-15H2,1-3H3. The molecule has 5 rings (SSSR count). The molecule has 1 aromatic heterocycles. The van der Waals surface area contributed by atoms with Crippen molar-refractivity contribution in [1.82, 2.24) is 14.7 Å². The number of halogens is 1. The van der Waals surface area contributed by atoms with Gasteiger partial charge in [0.05, 0.1) is 18.5 Å². The fourth-order valence-corrected chi connectivity index (χ4v) is 4.71. The molecule has 3 aromatic rings. The second-order valence-corrected chi connectivity index (χ2v) is 9.53. The Hall–Kier alpha value is -3.03. The first kappa shape index (κ1) is 22.7. The summed E-state index contributed by atoms with van der Waals surface area (Å²) in [4.78, 5) is 13.8. The van der Waals surface area contributed by atoms with E-state index in [0.717, 1.165) is 53.2 Å². The molecule has 0 spiro atoms. The molecule has 3 heterocycles. The van der Waals surface area contributed by atoms with Crippen molar-refractivity contribution in [3.8, 4) is 11.5 Å². The highest BCUT2D eigenvalue weighted by atomic mass is 35.5. The molecule has 2 aliphatic heterocycles. The van der Waals surface area contributed by atoms with Crippen LogP contribution in [-0.4, -0.2) is 54.0 Å². The van der Waals surface area contributed by atoms with Gasteiger partial charge in [0.2, 0.25) is 0 Å². The molecule has 0 atom stereocenters. The molecule has 0 amide bonds. The van der Waals surface area contributed by atoms with Gasteiger partial charge < -0.3 is 14.2 Å². The molecule has 0 aliphatic carbocycles. The lowest BCUT2D eigenvalue weighted by atomic mass is 9.98. The number of fused-ring (bicyclic) bond motifs is 2. The Kier molecular flexibility index (Phi) is 6.23. The lowest BCUT2D eigenvalue weighted by Crippen LogP contribution is -2.51. The van der Waals surface area contributed by atoms with E-state index in [4.69, 9.17) is 25.8 Å². The minimum atomic E-state index is -0.128. The first-order chi connectivity index (χ1) is 16.4. The second-order valence-electron chi connectivity index (χ2n) is 9.17. The number of benzene rings is 2. The normalized spacial score (nSPS) is 16.1. The number of ether oxygens (including phenoxy) is 3. The number of likely N-dealkylation sites (tertiary alicyclic amines) is 1. The minimum absolute atomic E-state index is 0.00905. The number of methoxy groups -OCH3 is 1. The average Bonchev–Trinajstić information content (AvgIpc) is 3.15. The fraction of sp³-hybridized carbons (Fsp3) is 0.385. The van der Waals surface area contributed by atoms with E-state index >= 15 is 0 Å². The largest absolute Gasteiger partial charge is 0.489 e. The minimum Gasteiger partial charge on any atom is -0.489 e. The lowest BCUT2D eigenvalue weighted by Gasteiger charge is -2.38. The van der Waals surface area contributed by atoms with E-state index in [-0.39, 0.29) is 17.9 Å². The molecule has 8 heteroatoms. The van der Waals surface area contributed by atoms with Crippen LogP contribution in [0.1, 0.15) is 31.0 Å². The van der Waals surface area contributed by atoms with Crippen LogP contribution < -0.4 is 9.47 Å². The van der Waals surface area contributed by atoms with Crippen molar-refractivity contribution in [3.63, 3.8) is 0 Å². The smallest absolute Gasteiger partial charge is 0.311 e. The quantitative estimate of drug-likeness (QED) is 0.454. The first-order valence-electron chi connectivity index (χ1n) is 11.5. The van der Waals surface area contributed by atoms with Crippen molar-refractivity contribution in [2.75, 3.05) is 33.4 Å².